The van der Waals surface area contributed by atoms with Gasteiger partial charge in [0, 0.05) is 31.5 Å². The van der Waals surface area contributed by atoms with E-state index >= 15 is 0 Å². The maximum Gasteiger partial charge on any atom is 0.273 e. The quantitative estimate of drug-likeness (QED) is 0.687. The predicted octanol–water partition coefficient (Wildman–Crippen LogP) is 2.22. The lowest BCUT2D eigenvalue weighted by Gasteiger charge is -2.37. The van der Waals surface area contributed by atoms with Crippen LogP contribution in [0.5, 0.6) is 5.75 Å². The summed E-state index contributed by atoms with van der Waals surface area (Å²) in [6, 6.07) is 3.66. The number of non-ortho nitro benzene ring substituents is 1. The lowest BCUT2D eigenvalue weighted by atomic mass is 9.92. The maximum atomic E-state index is 12.7. The third-order valence-corrected chi connectivity index (χ3v) is 4.54. The first-order valence-electron chi connectivity index (χ1n) is 7.71. The van der Waals surface area contributed by atoms with Crippen molar-refractivity contribution in [3.63, 3.8) is 0 Å². The lowest BCUT2D eigenvalue weighted by Crippen LogP contribution is -2.43. The van der Waals surface area contributed by atoms with Crippen LogP contribution in [0.15, 0.2) is 36.9 Å². The Labute approximate surface area is 138 Å². The van der Waals surface area contributed by atoms with Gasteiger partial charge in [0.15, 0.2) is 0 Å². The molecule has 1 aliphatic heterocycles. The average Bonchev–Trinajstić information content (AvgIpc) is 3.08. The Morgan fingerprint density at radius 1 is 1.46 bits per heavy atom. The van der Waals surface area contributed by atoms with Crippen LogP contribution in [0.4, 0.5) is 5.69 Å². The average molecular weight is 330 g/mol. The topological polar surface area (TPSA) is 102 Å². The number of amides is 1. The molecule has 2 heterocycles. The number of imidazole rings is 1. The summed E-state index contributed by atoms with van der Waals surface area (Å²) in [6.45, 7) is 3.23. The van der Waals surface area contributed by atoms with Crippen LogP contribution in [0.2, 0.25) is 0 Å². The van der Waals surface area contributed by atoms with Crippen molar-refractivity contribution < 1.29 is 14.8 Å². The highest BCUT2D eigenvalue weighted by atomic mass is 16.6. The molecule has 2 aromatic rings. The van der Waals surface area contributed by atoms with Gasteiger partial charge in [0.25, 0.3) is 11.6 Å². The van der Waals surface area contributed by atoms with Crippen molar-refractivity contribution in [3.05, 3.63) is 52.6 Å². The summed E-state index contributed by atoms with van der Waals surface area (Å²) in [5.41, 5.74) is -0.160. The molecule has 8 nitrogen and oxygen atoms in total. The third-order valence-electron chi connectivity index (χ3n) is 4.54. The minimum Gasteiger partial charge on any atom is -0.507 e. The number of nitrogens with zero attached hydrogens (tertiary/aromatic N) is 4. The van der Waals surface area contributed by atoms with E-state index in [0.29, 0.717) is 19.0 Å². The van der Waals surface area contributed by atoms with Gasteiger partial charge < -0.3 is 14.6 Å². The summed E-state index contributed by atoms with van der Waals surface area (Å²) in [7, 11) is 0. The molecule has 0 saturated carbocycles. The molecule has 0 spiro atoms. The number of benzene rings is 1. The number of aromatic hydroxyl groups is 1. The van der Waals surface area contributed by atoms with Crippen LogP contribution < -0.4 is 0 Å². The van der Waals surface area contributed by atoms with Gasteiger partial charge in [0.05, 0.1) is 28.9 Å². The van der Waals surface area contributed by atoms with E-state index in [1.807, 2.05) is 10.8 Å². The highest BCUT2D eigenvalue weighted by Crippen LogP contribution is 2.30. The smallest absolute Gasteiger partial charge is 0.273 e. The van der Waals surface area contributed by atoms with Gasteiger partial charge in [0.2, 0.25) is 0 Å². The van der Waals surface area contributed by atoms with Crippen LogP contribution in [0, 0.1) is 16.0 Å². The van der Waals surface area contributed by atoms with Crippen LogP contribution in [0.25, 0.3) is 0 Å². The molecule has 1 saturated heterocycles. The number of hydrogen-bond acceptors (Lipinski definition) is 5. The fourth-order valence-corrected chi connectivity index (χ4v) is 3.07. The van der Waals surface area contributed by atoms with Crippen molar-refractivity contribution in [1.29, 1.82) is 0 Å². The zero-order valence-corrected chi connectivity index (χ0v) is 13.2. The van der Waals surface area contributed by atoms with E-state index < -0.39 is 4.92 Å². The number of nitro groups is 1. The second kappa shape index (κ2) is 6.31. The normalized spacial score (nSPS) is 20.8. The Morgan fingerprint density at radius 2 is 2.25 bits per heavy atom. The van der Waals surface area contributed by atoms with E-state index in [1.165, 1.54) is 12.1 Å². The van der Waals surface area contributed by atoms with Crippen LogP contribution in [0.1, 0.15) is 29.7 Å². The first-order chi connectivity index (χ1) is 11.5. The largest absolute Gasteiger partial charge is 0.507 e. The number of phenols is 1. The molecule has 3 rings (SSSR count). The van der Waals surface area contributed by atoms with E-state index in [-0.39, 0.29) is 28.9 Å². The highest BCUT2D eigenvalue weighted by Gasteiger charge is 2.31. The number of rotatable bonds is 3. The fourth-order valence-electron chi connectivity index (χ4n) is 3.07. The van der Waals surface area contributed by atoms with Crippen LogP contribution in [0.3, 0.4) is 0 Å². The van der Waals surface area contributed by atoms with Crippen LogP contribution in [-0.4, -0.2) is 43.5 Å². The number of phenolic OH excluding ortho intramolecular Hbond substituents is 1. The van der Waals surface area contributed by atoms with Gasteiger partial charge in [-0.2, -0.15) is 0 Å². The third kappa shape index (κ3) is 2.94. The molecule has 2 atom stereocenters. The molecular formula is C16H18N4O4. The van der Waals surface area contributed by atoms with Crippen molar-refractivity contribution in [2.45, 2.75) is 19.4 Å². The monoisotopic (exact) mass is 330 g/mol. The standard InChI is InChI=1S/C16H18N4O4/c1-11-4-6-18(9-14(11)19-7-5-17-10-19)16(22)13-3-2-12(20(23)24)8-15(13)21/h2-3,5,7-8,10-11,14,21H,4,6,9H2,1H3/t11-,14+/m1/s1. The molecule has 1 aromatic heterocycles. The van der Waals surface area contributed by atoms with E-state index in [1.54, 1.807) is 17.4 Å². The molecule has 0 aliphatic carbocycles. The minimum atomic E-state index is -0.606. The molecule has 126 valence electrons. The molecule has 24 heavy (non-hydrogen) atoms. The Kier molecular flexibility index (Phi) is 4.20. The van der Waals surface area contributed by atoms with E-state index in [0.717, 1.165) is 12.5 Å². The SMILES string of the molecule is C[C@@H]1CCN(C(=O)c2ccc([N+](=O)[O-])cc2O)C[C@@H]1n1ccnc1. The summed E-state index contributed by atoms with van der Waals surface area (Å²) < 4.78 is 1.99. The number of aromatic nitrogens is 2. The van der Waals surface area contributed by atoms with Gasteiger partial charge >= 0.3 is 0 Å². The van der Waals surface area contributed by atoms with Gasteiger partial charge in [-0.05, 0) is 18.4 Å². The molecule has 0 bridgehead atoms. The molecule has 1 fully saturated rings. The van der Waals surface area contributed by atoms with E-state index in [9.17, 15) is 20.0 Å². The Balaban J connectivity index is 1.81. The van der Waals surface area contributed by atoms with Gasteiger partial charge in [-0.1, -0.05) is 6.92 Å². The molecule has 0 unspecified atom stereocenters. The van der Waals surface area contributed by atoms with Crippen LogP contribution >= 0.6 is 0 Å². The van der Waals surface area contributed by atoms with Gasteiger partial charge in [-0.3, -0.25) is 14.9 Å². The Hall–Kier alpha value is -2.90. The van der Waals surface area contributed by atoms with E-state index in [2.05, 4.69) is 11.9 Å². The lowest BCUT2D eigenvalue weighted by molar-refractivity contribution is -0.384. The van der Waals surface area contributed by atoms with Gasteiger partial charge in [0.1, 0.15) is 5.75 Å². The molecule has 1 aliphatic rings. The number of hydrogen-bond donors (Lipinski definition) is 1. The zero-order valence-electron chi connectivity index (χ0n) is 13.2. The summed E-state index contributed by atoms with van der Waals surface area (Å²) in [5.74, 6) is -0.292. The summed E-state index contributed by atoms with van der Waals surface area (Å²) >= 11 is 0. The highest BCUT2D eigenvalue weighted by molar-refractivity contribution is 5.97. The second-order valence-corrected chi connectivity index (χ2v) is 6.05. The Bertz CT molecular complexity index is 759. The first kappa shape index (κ1) is 16.0. The number of carbonyl (C=O) groups is 1. The molecule has 0 radical (unpaired) electrons. The van der Waals surface area contributed by atoms with Gasteiger partial charge in [-0.25, -0.2) is 4.98 Å². The van der Waals surface area contributed by atoms with Crippen molar-refractivity contribution in [2.75, 3.05) is 13.1 Å². The summed E-state index contributed by atoms with van der Waals surface area (Å²) in [4.78, 5) is 28.6. The van der Waals surface area contributed by atoms with Crippen molar-refractivity contribution >= 4 is 11.6 Å². The molecule has 1 aromatic carbocycles. The number of likely N-dealkylation sites (tertiary alicyclic amines) is 1. The predicted molar refractivity (Wildman–Crippen MR) is 85.7 cm³/mol. The molecule has 1 amide bonds. The maximum absolute atomic E-state index is 12.7. The molecular weight excluding hydrogens is 312 g/mol. The van der Waals surface area contributed by atoms with Crippen molar-refractivity contribution in [3.8, 4) is 5.75 Å². The summed E-state index contributed by atoms with van der Waals surface area (Å²) in [5, 5.41) is 20.7. The number of piperidine rings is 1. The van der Waals surface area contributed by atoms with Crippen molar-refractivity contribution in [2.24, 2.45) is 5.92 Å². The second-order valence-electron chi connectivity index (χ2n) is 6.05. The van der Waals surface area contributed by atoms with Crippen molar-refractivity contribution in [1.82, 2.24) is 14.5 Å². The minimum absolute atomic E-state index is 0.0829. The summed E-state index contributed by atoms with van der Waals surface area (Å²) in [6.07, 6.45) is 6.15. The van der Waals surface area contributed by atoms with Crippen LogP contribution in [-0.2, 0) is 0 Å². The number of carbonyl (C=O) groups excluding carboxylic acids is 1. The fraction of sp³-hybridized carbons (Fsp3) is 0.375. The molecule has 1 N–H and O–H groups in total. The number of nitro benzene ring substituents is 1. The van der Waals surface area contributed by atoms with E-state index in [4.69, 9.17) is 0 Å². The molecule has 8 heteroatoms. The van der Waals surface area contributed by atoms with Gasteiger partial charge in [-0.15, -0.1) is 0 Å². The Morgan fingerprint density at radius 3 is 2.88 bits per heavy atom. The first-order valence-corrected chi connectivity index (χ1v) is 7.71. The zero-order chi connectivity index (χ0) is 17.3.